The first-order chi connectivity index (χ1) is 12.8. The van der Waals surface area contributed by atoms with Crippen LogP contribution in [0.2, 0.25) is 0 Å². The molecule has 1 aliphatic heterocycles. The van der Waals surface area contributed by atoms with E-state index >= 15 is 0 Å². The van der Waals surface area contributed by atoms with Gasteiger partial charge >= 0.3 is 6.18 Å². The van der Waals surface area contributed by atoms with Crippen molar-refractivity contribution < 1.29 is 18.0 Å². The molecule has 4 nitrogen and oxygen atoms in total. The Morgan fingerprint density at radius 2 is 1.56 bits per heavy atom. The van der Waals surface area contributed by atoms with Crippen molar-refractivity contribution >= 4 is 11.6 Å². The van der Waals surface area contributed by atoms with Gasteiger partial charge in [0.25, 0.3) is 5.91 Å². The van der Waals surface area contributed by atoms with Crippen molar-refractivity contribution in [1.29, 1.82) is 0 Å². The molecule has 0 bridgehead atoms. The molecule has 1 amide bonds. The Morgan fingerprint density at radius 1 is 0.963 bits per heavy atom. The van der Waals surface area contributed by atoms with Crippen molar-refractivity contribution in [2.24, 2.45) is 0 Å². The lowest BCUT2D eigenvalue weighted by Crippen LogP contribution is -2.43. The van der Waals surface area contributed by atoms with Gasteiger partial charge in [0.05, 0.1) is 5.56 Å². The molecule has 144 valence electrons. The fourth-order valence-electron chi connectivity index (χ4n) is 2.97. The first kappa shape index (κ1) is 19.4. The summed E-state index contributed by atoms with van der Waals surface area (Å²) in [5, 5.41) is 2.71. The molecular weight excluding hydrogens is 355 g/mol. The van der Waals surface area contributed by atoms with Crippen LogP contribution >= 0.6 is 0 Å². The second kappa shape index (κ2) is 8.10. The topological polar surface area (TPSA) is 35.6 Å². The van der Waals surface area contributed by atoms with Gasteiger partial charge in [0.1, 0.15) is 0 Å². The van der Waals surface area contributed by atoms with E-state index in [1.165, 1.54) is 12.1 Å². The van der Waals surface area contributed by atoms with Crippen molar-refractivity contribution in [2.75, 3.05) is 38.5 Å². The molecule has 0 aromatic heterocycles. The van der Waals surface area contributed by atoms with Gasteiger partial charge in [0.2, 0.25) is 0 Å². The van der Waals surface area contributed by atoms with Crippen LogP contribution in [0.15, 0.2) is 48.5 Å². The summed E-state index contributed by atoms with van der Waals surface area (Å²) >= 11 is 0. The minimum atomic E-state index is -4.41. The van der Waals surface area contributed by atoms with Crippen LogP contribution in [0.4, 0.5) is 18.9 Å². The summed E-state index contributed by atoms with van der Waals surface area (Å²) in [6.45, 7) is 5.04. The highest BCUT2D eigenvalue weighted by molar-refractivity contribution is 6.04. The zero-order chi connectivity index (χ0) is 19.4. The van der Waals surface area contributed by atoms with Gasteiger partial charge in [0.15, 0.2) is 0 Å². The minimum Gasteiger partial charge on any atom is -0.322 e. The number of benzene rings is 2. The SMILES string of the molecule is CN1CCN(Cc2ccc(NC(=O)c3ccc(C(F)(F)F)cc3)cc2)CC1. The highest BCUT2D eigenvalue weighted by Crippen LogP contribution is 2.29. The lowest BCUT2D eigenvalue weighted by molar-refractivity contribution is -0.137. The summed E-state index contributed by atoms with van der Waals surface area (Å²) in [6.07, 6.45) is -4.41. The smallest absolute Gasteiger partial charge is 0.322 e. The molecule has 2 aromatic rings. The van der Waals surface area contributed by atoms with Crippen LogP contribution in [0.25, 0.3) is 0 Å². The average molecular weight is 377 g/mol. The van der Waals surface area contributed by atoms with Crippen LogP contribution < -0.4 is 5.32 Å². The van der Waals surface area contributed by atoms with E-state index in [4.69, 9.17) is 0 Å². The van der Waals surface area contributed by atoms with Crippen molar-refractivity contribution in [3.05, 3.63) is 65.2 Å². The molecule has 0 atom stereocenters. The van der Waals surface area contributed by atoms with E-state index in [-0.39, 0.29) is 5.56 Å². The predicted molar refractivity (Wildman–Crippen MR) is 98.6 cm³/mol. The lowest BCUT2D eigenvalue weighted by Gasteiger charge is -2.32. The van der Waals surface area contributed by atoms with Crippen LogP contribution in [0.1, 0.15) is 21.5 Å². The molecule has 0 aliphatic carbocycles. The Kier molecular flexibility index (Phi) is 5.82. The maximum absolute atomic E-state index is 12.6. The molecule has 1 fully saturated rings. The predicted octanol–water partition coefficient (Wildman–Crippen LogP) is 3.71. The molecule has 2 aromatic carbocycles. The number of piperazine rings is 1. The summed E-state index contributed by atoms with van der Waals surface area (Å²) in [4.78, 5) is 16.9. The second-order valence-corrected chi connectivity index (χ2v) is 6.81. The number of hydrogen-bond donors (Lipinski definition) is 1. The Bertz CT molecular complexity index is 765. The molecule has 1 heterocycles. The molecule has 0 spiro atoms. The van der Waals surface area contributed by atoms with Crippen LogP contribution in [-0.2, 0) is 12.7 Å². The second-order valence-electron chi connectivity index (χ2n) is 6.81. The Hall–Kier alpha value is -2.38. The number of nitrogens with zero attached hydrogens (tertiary/aromatic N) is 2. The van der Waals surface area contributed by atoms with Gasteiger partial charge in [-0.3, -0.25) is 9.69 Å². The summed E-state index contributed by atoms with van der Waals surface area (Å²) in [5.41, 5.74) is 1.19. The summed E-state index contributed by atoms with van der Waals surface area (Å²) < 4.78 is 37.8. The number of anilines is 1. The van der Waals surface area contributed by atoms with E-state index in [1.54, 1.807) is 0 Å². The van der Waals surface area contributed by atoms with Crippen LogP contribution in [-0.4, -0.2) is 48.9 Å². The molecule has 27 heavy (non-hydrogen) atoms. The fourth-order valence-corrected chi connectivity index (χ4v) is 2.97. The highest BCUT2D eigenvalue weighted by atomic mass is 19.4. The van der Waals surface area contributed by atoms with Crippen molar-refractivity contribution in [1.82, 2.24) is 9.80 Å². The maximum Gasteiger partial charge on any atom is 0.416 e. The van der Waals surface area contributed by atoms with Gasteiger partial charge in [-0.2, -0.15) is 13.2 Å². The lowest BCUT2D eigenvalue weighted by atomic mass is 10.1. The number of hydrogen-bond acceptors (Lipinski definition) is 3. The summed E-state index contributed by atoms with van der Waals surface area (Å²) in [7, 11) is 2.12. The number of amides is 1. The minimum absolute atomic E-state index is 0.185. The summed E-state index contributed by atoms with van der Waals surface area (Å²) in [5.74, 6) is -0.435. The Labute approximate surface area is 156 Å². The maximum atomic E-state index is 12.6. The third-order valence-electron chi connectivity index (χ3n) is 4.69. The van der Waals surface area contributed by atoms with Gasteiger partial charge in [-0.25, -0.2) is 0 Å². The van der Waals surface area contributed by atoms with Gasteiger partial charge in [0, 0.05) is 44.0 Å². The molecule has 1 aliphatic rings. The third-order valence-corrected chi connectivity index (χ3v) is 4.69. The first-order valence-corrected chi connectivity index (χ1v) is 8.80. The number of halogens is 3. The monoisotopic (exact) mass is 377 g/mol. The fraction of sp³-hybridized carbons (Fsp3) is 0.350. The largest absolute Gasteiger partial charge is 0.416 e. The molecule has 0 radical (unpaired) electrons. The summed E-state index contributed by atoms with van der Waals surface area (Å²) in [6, 6.07) is 11.7. The standard InChI is InChI=1S/C20H22F3N3O/c1-25-10-12-26(13-11-25)14-15-2-8-18(9-3-15)24-19(27)16-4-6-17(7-5-16)20(21,22)23/h2-9H,10-14H2,1H3,(H,24,27). The molecule has 0 unspecified atom stereocenters. The molecule has 1 saturated heterocycles. The van der Waals surface area contributed by atoms with E-state index in [0.29, 0.717) is 5.69 Å². The quantitative estimate of drug-likeness (QED) is 0.883. The van der Waals surface area contributed by atoms with E-state index in [9.17, 15) is 18.0 Å². The van der Waals surface area contributed by atoms with E-state index in [2.05, 4.69) is 22.2 Å². The Balaban J connectivity index is 1.57. The van der Waals surface area contributed by atoms with Crippen molar-refractivity contribution in [3.63, 3.8) is 0 Å². The average Bonchev–Trinajstić information content (AvgIpc) is 2.64. The van der Waals surface area contributed by atoms with Gasteiger partial charge in [-0.15, -0.1) is 0 Å². The van der Waals surface area contributed by atoms with Gasteiger partial charge in [-0.1, -0.05) is 12.1 Å². The number of rotatable bonds is 4. The van der Waals surface area contributed by atoms with Crippen molar-refractivity contribution in [2.45, 2.75) is 12.7 Å². The molecule has 7 heteroatoms. The Morgan fingerprint density at radius 3 is 2.11 bits per heavy atom. The van der Waals surface area contributed by atoms with Crippen LogP contribution in [0, 0.1) is 0 Å². The number of carbonyl (C=O) groups excluding carboxylic acids is 1. The highest BCUT2D eigenvalue weighted by Gasteiger charge is 2.30. The van der Waals surface area contributed by atoms with Crippen molar-refractivity contribution in [3.8, 4) is 0 Å². The van der Waals surface area contributed by atoms with E-state index in [1.807, 2.05) is 24.3 Å². The van der Waals surface area contributed by atoms with Gasteiger partial charge in [-0.05, 0) is 49.0 Å². The van der Waals surface area contributed by atoms with Gasteiger partial charge < -0.3 is 10.2 Å². The number of alkyl halides is 3. The number of nitrogens with one attached hydrogen (secondary N) is 1. The van der Waals surface area contributed by atoms with E-state index in [0.717, 1.165) is 50.4 Å². The van der Waals surface area contributed by atoms with Crippen LogP contribution in [0.3, 0.4) is 0 Å². The molecular formula is C20H22F3N3O. The molecule has 3 rings (SSSR count). The zero-order valence-corrected chi connectivity index (χ0v) is 15.1. The molecule has 0 saturated carbocycles. The third kappa shape index (κ3) is 5.30. The van der Waals surface area contributed by atoms with Crippen LogP contribution in [0.5, 0.6) is 0 Å². The van der Waals surface area contributed by atoms with E-state index < -0.39 is 17.6 Å². The first-order valence-electron chi connectivity index (χ1n) is 8.80. The normalized spacial score (nSPS) is 16.3. The number of likely N-dealkylation sites (N-methyl/N-ethyl adjacent to an activating group) is 1. The molecule has 1 N–H and O–H groups in total. The number of carbonyl (C=O) groups is 1. The zero-order valence-electron chi connectivity index (χ0n) is 15.1.